The molecule has 3 aromatic rings. The van der Waals surface area contributed by atoms with E-state index in [4.69, 9.17) is 39.5 Å². The number of rotatable bonds is 3. The van der Waals surface area contributed by atoms with Crippen molar-refractivity contribution in [3.63, 3.8) is 0 Å². The van der Waals surface area contributed by atoms with Gasteiger partial charge in [-0.15, -0.1) is 0 Å². The van der Waals surface area contributed by atoms with Crippen molar-refractivity contribution in [2.75, 3.05) is 6.54 Å². The lowest BCUT2D eigenvalue weighted by atomic mass is 10.1. The Bertz CT molecular complexity index is 977. The molecule has 0 radical (unpaired) electrons. The van der Waals surface area contributed by atoms with Crippen molar-refractivity contribution >= 4 is 34.8 Å². The molecule has 4 rings (SSSR count). The summed E-state index contributed by atoms with van der Waals surface area (Å²) in [6.45, 7) is 0.745. The molecule has 2 unspecified atom stereocenters. The van der Waals surface area contributed by atoms with Gasteiger partial charge in [-0.3, -0.25) is 0 Å². The number of hydrogen-bond donors (Lipinski definition) is 0. The SMILES string of the molecule is [O-][N+]1(Cc2cc(Cl)nc(Cl)c2)Cc2ccccc2OC(c2ccc(Cl)cc2)C1. The summed E-state index contributed by atoms with van der Waals surface area (Å²) >= 11 is 18.1. The molecule has 0 saturated carbocycles. The maximum Gasteiger partial charge on any atom is 0.173 e. The second kappa shape index (κ2) is 7.90. The number of ether oxygens (including phenoxy) is 1. The molecule has 2 aromatic carbocycles. The zero-order chi connectivity index (χ0) is 19.7. The predicted octanol–water partition coefficient (Wildman–Crippen LogP) is 6.19. The Hall–Kier alpha value is -1.82. The van der Waals surface area contributed by atoms with Crippen LogP contribution in [0.15, 0.2) is 60.7 Å². The lowest BCUT2D eigenvalue weighted by Crippen LogP contribution is -2.43. The molecule has 2 heterocycles. The maximum atomic E-state index is 13.9. The number of benzene rings is 2. The molecule has 1 aromatic heterocycles. The quantitative estimate of drug-likeness (QED) is 0.280. The predicted molar refractivity (Wildman–Crippen MR) is 111 cm³/mol. The number of hydroxylamine groups is 3. The third-order valence-electron chi connectivity index (χ3n) is 4.73. The number of fused-ring (bicyclic) bond motifs is 1. The highest BCUT2D eigenvalue weighted by molar-refractivity contribution is 6.32. The van der Waals surface area contributed by atoms with Crippen molar-refractivity contribution < 1.29 is 9.38 Å². The zero-order valence-electron chi connectivity index (χ0n) is 14.8. The van der Waals surface area contributed by atoms with Gasteiger partial charge >= 0.3 is 0 Å². The van der Waals surface area contributed by atoms with Gasteiger partial charge in [-0.25, -0.2) is 4.98 Å². The Labute approximate surface area is 178 Å². The van der Waals surface area contributed by atoms with Crippen LogP contribution in [-0.4, -0.2) is 16.2 Å². The Morgan fingerprint density at radius 3 is 2.39 bits per heavy atom. The van der Waals surface area contributed by atoms with Gasteiger partial charge in [0.25, 0.3) is 0 Å². The number of pyridine rings is 1. The number of halogens is 3. The van der Waals surface area contributed by atoms with Crippen molar-refractivity contribution in [3.8, 4) is 5.75 Å². The van der Waals surface area contributed by atoms with Crippen LogP contribution in [0.5, 0.6) is 5.75 Å². The van der Waals surface area contributed by atoms with Crippen LogP contribution in [0.4, 0.5) is 0 Å². The average molecular weight is 436 g/mol. The molecule has 2 atom stereocenters. The lowest BCUT2D eigenvalue weighted by molar-refractivity contribution is -0.909. The molecule has 0 saturated heterocycles. The van der Waals surface area contributed by atoms with Gasteiger partial charge in [0.15, 0.2) is 6.10 Å². The standard InChI is InChI=1S/C21H17Cl3N2O2/c22-17-7-5-15(6-8-17)19-13-26(27,11-14-9-20(23)25-21(24)10-14)12-16-3-1-2-4-18(16)28-19/h1-10,19H,11-13H2. The molecule has 0 spiro atoms. The summed E-state index contributed by atoms with van der Waals surface area (Å²) in [4.78, 5) is 3.96. The van der Waals surface area contributed by atoms with E-state index >= 15 is 0 Å². The summed E-state index contributed by atoms with van der Waals surface area (Å²) < 4.78 is 5.74. The van der Waals surface area contributed by atoms with Crippen LogP contribution >= 0.6 is 34.8 Å². The van der Waals surface area contributed by atoms with E-state index in [0.717, 1.165) is 22.4 Å². The topological polar surface area (TPSA) is 45.2 Å². The van der Waals surface area contributed by atoms with E-state index in [1.54, 1.807) is 24.3 Å². The van der Waals surface area contributed by atoms with Crippen molar-refractivity contribution in [3.05, 3.63) is 97.9 Å². The van der Waals surface area contributed by atoms with E-state index < -0.39 is 10.8 Å². The number of hydrogen-bond acceptors (Lipinski definition) is 3. The number of nitrogens with zero attached hydrogens (tertiary/aromatic N) is 2. The number of aromatic nitrogens is 1. The van der Waals surface area contributed by atoms with Gasteiger partial charge in [0.1, 0.15) is 35.7 Å². The third kappa shape index (κ3) is 4.43. The first-order chi connectivity index (χ1) is 13.4. The van der Waals surface area contributed by atoms with E-state index in [2.05, 4.69) is 4.98 Å². The van der Waals surface area contributed by atoms with Crippen molar-refractivity contribution in [1.29, 1.82) is 0 Å². The van der Waals surface area contributed by atoms with Crippen LogP contribution in [0.3, 0.4) is 0 Å². The summed E-state index contributed by atoms with van der Waals surface area (Å²) in [7, 11) is 0. The van der Waals surface area contributed by atoms with Crippen LogP contribution in [0, 0.1) is 5.21 Å². The fourth-order valence-electron chi connectivity index (χ4n) is 3.53. The van der Waals surface area contributed by atoms with E-state index in [1.807, 2.05) is 36.4 Å². The Kier molecular flexibility index (Phi) is 5.50. The molecule has 0 fully saturated rings. The normalized spacial score (nSPS) is 21.5. The van der Waals surface area contributed by atoms with Crippen LogP contribution in [0.1, 0.15) is 22.8 Å². The molecule has 0 bridgehead atoms. The molecule has 28 heavy (non-hydrogen) atoms. The van der Waals surface area contributed by atoms with E-state index in [-0.39, 0.29) is 29.9 Å². The smallest absolute Gasteiger partial charge is 0.173 e. The first-order valence-corrected chi connectivity index (χ1v) is 9.93. The summed E-state index contributed by atoms with van der Waals surface area (Å²) in [5.74, 6) is 0.726. The lowest BCUT2D eigenvalue weighted by Gasteiger charge is -2.43. The van der Waals surface area contributed by atoms with E-state index in [0.29, 0.717) is 5.02 Å². The molecule has 0 N–H and O–H groups in total. The first kappa shape index (κ1) is 19.5. The minimum Gasteiger partial charge on any atom is -0.632 e. The highest BCUT2D eigenvalue weighted by Crippen LogP contribution is 2.36. The van der Waals surface area contributed by atoms with Gasteiger partial charge in [0.2, 0.25) is 0 Å². The Balaban J connectivity index is 1.72. The Morgan fingerprint density at radius 2 is 1.68 bits per heavy atom. The second-order valence-corrected chi connectivity index (χ2v) is 8.15. The molecular formula is C21H17Cl3N2O2. The minimum absolute atomic E-state index is 0.212. The number of para-hydroxylation sites is 1. The molecule has 7 heteroatoms. The largest absolute Gasteiger partial charge is 0.632 e. The van der Waals surface area contributed by atoms with Gasteiger partial charge in [-0.2, -0.15) is 0 Å². The second-order valence-electron chi connectivity index (χ2n) is 6.94. The molecule has 4 nitrogen and oxygen atoms in total. The van der Waals surface area contributed by atoms with Crippen molar-refractivity contribution in [2.45, 2.75) is 19.2 Å². The fourth-order valence-corrected chi connectivity index (χ4v) is 4.16. The molecule has 144 valence electrons. The van der Waals surface area contributed by atoms with E-state index in [9.17, 15) is 5.21 Å². The summed E-state index contributed by atoms with van der Waals surface area (Å²) in [5, 5.41) is 15.1. The highest BCUT2D eigenvalue weighted by atomic mass is 35.5. The third-order valence-corrected chi connectivity index (χ3v) is 5.37. The van der Waals surface area contributed by atoms with Crippen LogP contribution in [0.2, 0.25) is 15.3 Å². The van der Waals surface area contributed by atoms with Crippen LogP contribution in [-0.2, 0) is 13.1 Å². The monoisotopic (exact) mass is 434 g/mol. The Morgan fingerprint density at radius 1 is 1.00 bits per heavy atom. The average Bonchev–Trinajstić information content (AvgIpc) is 2.77. The molecular weight excluding hydrogens is 419 g/mol. The van der Waals surface area contributed by atoms with Crippen LogP contribution in [0.25, 0.3) is 0 Å². The molecule has 1 aliphatic rings. The summed E-state index contributed by atoms with van der Waals surface area (Å²) in [5.41, 5.74) is 2.53. The van der Waals surface area contributed by atoms with Crippen LogP contribution < -0.4 is 4.74 Å². The van der Waals surface area contributed by atoms with Gasteiger partial charge < -0.3 is 14.6 Å². The fraction of sp³-hybridized carbons (Fsp3) is 0.190. The van der Waals surface area contributed by atoms with Gasteiger partial charge in [-0.05, 0) is 42.0 Å². The maximum absolute atomic E-state index is 13.9. The molecule has 1 aliphatic heterocycles. The first-order valence-electron chi connectivity index (χ1n) is 8.79. The van der Waals surface area contributed by atoms with Gasteiger partial charge in [0, 0.05) is 16.1 Å². The van der Waals surface area contributed by atoms with Crippen molar-refractivity contribution in [2.24, 2.45) is 0 Å². The summed E-state index contributed by atoms with van der Waals surface area (Å²) in [6, 6.07) is 18.4. The van der Waals surface area contributed by atoms with Crippen molar-refractivity contribution in [1.82, 2.24) is 4.98 Å². The van der Waals surface area contributed by atoms with Gasteiger partial charge in [-0.1, -0.05) is 59.1 Å². The van der Waals surface area contributed by atoms with Gasteiger partial charge in [0.05, 0.1) is 0 Å². The minimum atomic E-state index is -0.499. The van der Waals surface area contributed by atoms with E-state index in [1.165, 1.54) is 0 Å². The molecule has 0 amide bonds. The molecule has 0 aliphatic carbocycles. The summed E-state index contributed by atoms with van der Waals surface area (Å²) in [6.07, 6.45) is -0.397. The number of quaternary nitrogens is 1. The zero-order valence-corrected chi connectivity index (χ0v) is 17.1. The highest BCUT2D eigenvalue weighted by Gasteiger charge is 2.31.